The molecule has 3 heterocycles. The molecule has 2 aromatic carbocycles. The van der Waals surface area contributed by atoms with Crippen LogP contribution in [-0.2, 0) is 94.8 Å². The van der Waals surface area contributed by atoms with E-state index in [0.29, 0.717) is 21.9 Å². The molecule has 2 saturated heterocycles. The van der Waals surface area contributed by atoms with Gasteiger partial charge in [-0.1, -0.05) is 82.6 Å². The number of nitrogens with one attached hydrogen (secondary N) is 7. The van der Waals surface area contributed by atoms with Gasteiger partial charge in [0.15, 0.2) is 12.1 Å². The second kappa shape index (κ2) is 41.0. The topological polar surface area (TPSA) is 463 Å². The number of cyclic esters (lactones) is 1. The zero-order valence-corrected chi connectivity index (χ0v) is 62.2. The van der Waals surface area contributed by atoms with Gasteiger partial charge in [0.05, 0.1) is 52.0 Å². The van der Waals surface area contributed by atoms with E-state index in [0.717, 1.165) is 10.5 Å². The average molecular weight is 1470 g/mol. The molecule has 0 saturated carbocycles. The van der Waals surface area contributed by atoms with E-state index < -0.39 is 210 Å². The molecule has 0 spiro atoms. The summed E-state index contributed by atoms with van der Waals surface area (Å²) in [5.74, 6) is -10.6. The number of carboxylic acids is 1. The Morgan fingerprint density at radius 2 is 1.48 bits per heavy atom. The molecule has 31 nitrogen and oxygen atoms in total. The second-order valence-electron chi connectivity index (χ2n) is 26.6. The van der Waals surface area contributed by atoms with Crippen LogP contribution < -0.4 is 71.5 Å². The molecule has 556 valence electrons. The average Bonchev–Trinajstić information content (AvgIpc) is 1.63. The van der Waals surface area contributed by atoms with E-state index in [1.807, 2.05) is 20.8 Å². The number of Topliss-reactive ketones (excluding diaryl/α,β-unsaturated/α-hetero) is 1. The maximum Gasteiger partial charge on any atom is 1.00 e. The van der Waals surface area contributed by atoms with Gasteiger partial charge in [0.1, 0.15) is 54.5 Å². The van der Waals surface area contributed by atoms with Crippen molar-refractivity contribution >= 4 is 86.7 Å². The molecule has 0 unspecified atom stereocenters. The van der Waals surface area contributed by atoms with Crippen LogP contribution in [0.3, 0.4) is 0 Å². The number of methoxy groups -OCH3 is 2. The molecule has 2 fully saturated rings. The van der Waals surface area contributed by atoms with Crippen LogP contribution in [0, 0.1) is 29.1 Å². The van der Waals surface area contributed by atoms with Crippen LogP contribution in [0.15, 0.2) is 54.6 Å². The van der Waals surface area contributed by atoms with Gasteiger partial charge < -0.3 is 90.8 Å². The number of hydrogen-bond acceptors (Lipinski definition) is 22. The molecule has 0 bridgehead atoms. The Morgan fingerprint density at radius 3 is 2.10 bits per heavy atom. The number of aliphatic carboxylic acids is 1. The third-order valence-electron chi connectivity index (χ3n) is 17.3. The Labute approximate surface area is 614 Å². The van der Waals surface area contributed by atoms with E-state index in [2.05, 4.69) is 37.2 Å². The molecule has 0 radical (unpaired) electrons. The van der Waals surface area contributed by atoms with E-state index in [4.69, 9.17) is 35.3 Å². The van der Waals surface area contributed by atoms with Gasteiger partial charge in [-0.2, -0.15) is 0 Å². The van der Waals surface area contributed by atoms with Crippen LogP contribution in [0.25, 0.3) is 0 Å². The van der Waals surface area contributed by atoms with Crippen LogP contribution in [0.1, 0.15) is 129 Å². The van der Waals surface area contributed by atoms with E-state index in [1.165, 1.54) is 26.4 Å². The third-order valence-corrected chi connectivity index (χ3v) is 18.3. The third kappa shape index (κ3) is 28.5. The molecule has 101 heavy (non-hydrogen) atoms. The number of aliphatic hydroxyl groups excluding tert-OH is 3. The smallest absolute Gasteiger partial charge is 0.748 e. The fourth-order valence-electron chi connectivity index (χ4n) is 11.2. The predicted molar refractivity (Wildman–Crippen MR) is 357 cm³/mol. The van der Waals surface area contributed by atoms with Crippen molar-refractivity contribution in [2.45, 2.75) is 186 Å². The first-order valence-corrected chi connectivity index (χ1v) is 35.1. The van der Waals surface area contributed by atoms with Crippen molar-refractivity contribution in [1.82, 2.24) is 42.1 Å². The maximum atomic E-state index is 14.3. The Kier molecular flexibility index (Phi) is 35.2. The van der Waals surface area contributed by atoms with Gasteiger partial charge in [0.25, 0.3) is 0 Å². The van der Waals surface area contributed by atoms with Crippen molar-refractivity contribution in [2.75, 3.05) is 52.7 Å². The van der Waals surface area contributed by atoms with Crippen molar-refractivity contribution in [2.24, 2.45) is 29.1 Å². The van der Waals surface area contributed by atoms with Gasteiger partial charge >= 0.3 is 41.5 Å². The first-order chi connectivity index (χ1) is 47.0. The summed E-state index contributed by atoms with van der Waals surface area (Å²) in [5.41, 5.74) is 0.706. The molecule has 11 N–H and O–H groups in total. The maximum absolute atomic E-state index is 14.3. The number of nitrogens with zero attached hydrogens (tertiary/aromatic N) is 1. The Bertz CT molecular complexity index is 3340. The predicted octanol–water partition coefficient (Wildman–Crippen LogP) is -2.48. The molecule has 0 aromatic heterocycles. The number of benzene rings is 2. The summed E-state index contributed by atoms with van der Waals surface area (Å²) in [6.45, 7) is 10.3. The van der Waals surface area contributed by atoms with Crippen molar-refractivity contribution in [3.8, 4) is 5.75 Å². The summed E-state index contributed by atoms with van der Waals surface area (Å²) in [6.07, 6.45) is -9.22. The first kappa shape index (κ1) is 86.7. The van der Waals surface area contributed by atoms with E-state index in [9.17, 15) is 86.1 Å². The van der Waals surface area contributed by atoms with Crippen LogP contribution in [0.2, 0.25) is 5.02 Å². The molecular weight excluding hydrogens is 1380 g/mol. The number of carbonyl (C=O) groups excluding carboxylic acids is 10. The van der Waals surface area contributed by atoms with Gasteiger partial charge in [-0.3, -0.25) is 47.9 Å². The number of epoxide rings is 1. The fraction of sp³-hybridized carbons (Fsp3) is 0.627. The van der Waals surface area contributed by atoms with E-state index in [-0.39, 0.29) is 100 Å². The van der Waals surface area contributed by atoms with Crippen molar-refractivity contribution in [3.05, 3.63) is 76.3 Å². The zero-order chi connectivity index (χ0) is 74.3. The van der Waals surface area contributed by atoms with E-state index in [1.54, 1.807) is 70.2 Å². The molecule has 5 rings (SSSR count). The monoisotopic (exact) mass is 1470 g/mol. The van der Waals surface area contributed by atoms with E-state index >= 15 is 0 Å². The van der Waals surface area contributed by atoms with Gasteiger partial charge in [0.2, 0.25) is 47.3 Å². The SMILES string of the molecule is COc1ccc(C[C@H]2NC(=O)/C=C/C[C@@H]([C@H](C)[C@H]3O[C@@H]3c3ccc(CNC(=O)[C@H](CCC(=O)NC[C@H]4O[C@@H](OC)[C@H](O)[C@@H](O)[C@@H]4O)CC(=O)[C@@H](NC(=O)CCN(CCC(=O)O)C(=O)CCC(=O)NCCS(=O)(=O)[O-])C(C)C)cc3)OC(=O)[C@H](CC(C)C)NC(=O)C(C)(C)CNC2=O)cc1Cl.[Na+]. The van der Waals surface area contributed by atoms with Gasteiger partial charge in [-0.05, 0) is 73.4 Å². The van der Waals surface area contributed by atoms with Crippen molar-refractivity contribution in [3.63, 3.8) is 0 Å². The largest absolute Gasteiger partial charge is 1.00 e. The number of rotatable bonds is 34. The number of ketones is 1. The summed E-state index contributed by atoms with van der Waals surface area (Å²) in [4.78, 5) is 149. The zero-order valence-electron chi connectivity index (χ0n) is 58.7. The Hall–Kier alpha value is -6.69. The normalized spacial score (nSPS) is 23.8. The molecule has 3 aliphatic rings. The number of hydrogen-bond donors (Lipinski definition) is 11. The Balaban J connectivity index is 0.0000216. The quantitative estimate of drug-likeness (QED) is 0.0150. The van der Waals surface area contributed by atoms with Gasteiger partial charge in [0, 0.05) is 103 Å². The molecule has 2 aromatic rings. The molecule has 13 atom stereocenters. The number of carbonyl (C=O) groups is 11. The van der Waals surface area contributed by atoms with Crippen LogP contribution in [0.4, 0.5) is 0 Å². The van der Waals surface area contributed by atoms with Crippen LogP contribution in [0.5, 0.6) is 5.75 Å². The van der Waals surface area contributed by atoms with Gasteiger partial charge in [-0.15, -0.1) is 0 Å². The number of carboxylic acid groups (broad SMARTS) is 1. The number of esters is 1. The molecular formula is C67H96ClN8NaO23S. The minimum atomic E-state index is -4.62. The summed E-state index contributed by atoms with van der Waals surface area (Å²) in [5, 5.41) is 59.4. The molecule has 0 aliphatic carbocycles. The van der Waals surface area contributed by atoms with Crippen molar-refractivity contribution < 1.29 is 139 Å². The van der Waals surface area contributed by atoms with Gasteiger partial charge in [-0.25, -0.2) is 13.2 Å². The minimum Gasteiger partial charge on any atom is -0.748 e. The number of amides is 8. The summed E-state index contributed by atoms with van der Waals surface area (Å²) >= 11 is 6.40. The summed E-state index contributed by atoms with van der Waals surface area (Å²) in [6, 6.07) is 8.59. The molecule has 3 aliphatic heterocycles. The summed E-state index contributed by atoms with van der Waals surface area (Å²) in [7, 11) is -1.95. The molecule has 34 heteroatoms. The van der Waals surface area contributed by atoms with Crippen LogP contribution >= 0.6 is 11.6 Å². The first-order valence-electron chi connectivity index (χ1n) is 33.1. The minimum absolute atomic E-state index is 0. The number of aliphatic hydroxyl groups is 3. The summed E-state index contributed by atoms with van der Waals surface area (Å²) < 4.78 is 61.0. The second-order valence-corrected chi connectivity index (χ2v) is 28.5. The Morgan fingerprint density at radius 1 is 0.812 bits per heavy atom. The van der Waals surface area contributed by atoms with Crippen LogP contribution in [-0.4, -0.2) is 217 Å². The number of halogens is 1. The van der Waals surface area contributed by atoms with Crippen molar-refractivity contribution in [1.29, 1.82) is 0 Å². The standard InChI is InChI=1S/C67H97ClN8O23S.Na/c1-36(2)29-45-64(90)97-47(11-10-12-52(80)73-44(31-40-15-19-48(95-8)43(68)30-40)63(89)72-35-67(6,7)66(91)74-45)38(5)60-61(99-60)41-16-13-39(14-17-41)33-71-62(88)42(18-20-51(79)70-34-49-57(85)58(86)59(87)65(96-9)98-49)32-46(77)56(37(3)4)75-53(81)23-26-76(27-24-55(83)84)54(82)22-21-50(78)69-25-28-100(92,93)94;/h10,12-17,19,30,36-38,42,44-45,47,49,56-61,65,85-87H,11,18,20-29,31-35H2,1-9H3,(H,69,78)(H,70,79)(H,71,88)(H,72,89)(H,73,80)(H,74,91)(H,75,81)(H,83,84)(H,92,93,94);/q;+1/p-1/b12-10+;/t38-,42+,44+,45-,47-,49+,56-,57+,58-,59+,60+,61+,65+;/m0./s1. The number of ether oxygens (including phenoxy) is 5. The fourth-order valence-corrected chi connectivity index (χ4v) is 11.8. The molecule has 8 amide bonds.